The maximum Gasteiger partial charge on any atom is 0.254 e. The Hall–Kier alpha value is -3.13. The molecule has 1 aliphatic rings. The summed E-state index contributed by atoms with van der Waals surface area (Å²) in [6.45, 7) is 3.38. The summed E-state index contributed by atoms with van der Waals surface area (Å²) in [5.74, 6) is -2.03. The SMILES string of the molecule is CC(=O)Nc1ccc(F)c(C(=O)NCC(=O)N2CCN(c3cccc(Cl)c3)CC2)c1. The van der Waals surface area contributed by atoms with Gasteiger partial charge in [-0.05, 0) is 36.4 Å². The minimum Gasteiger partial charge on any atom is -0.368 e. The molecule has 1 saturated heterocycles. The number of nitrogens with zero attached hydrogens (tertiary/aromatic N) is 2. The van der Waals surface area contributed by atoms with Crippen LogP contribution in [0.2, 0.25) is 5.02 Å². The molecule has 0 radical (unpaired) electrons. The van der Waals surface area contributed by atoms with Crippen LogP contribution in [0.1, 0.15) is 17.3 Å². The average molecular weight is 433 g/mol. The Bertz CT molecular complexity index is 961. The summed E-state index contributed by atoms with van der Waals surface area (Å²) in [5, 5.41) is 5.60. The van der Waals surface area contributed by atoms with Gasteiger partial charge in [0.25, 0.3) is 5.91 Å². The smallest absolute Gasteiger partial charge is 0.254 e. The first-order chi connectivity index (χ1) is 14.3. The molecule has 0 saturated carbocycles. The van der Waals surface area contributed by atoms with Gasteiger partial charge >= 0.3 is 0 Å². The zero-order chi connectivity index (χ0) is 21.7. The molecule has 3 rings (SSSR count). The van der Waals surface area contributed by atoms with Gasteiger partial charge in [0.15, 0.2) is 0 Å². The van der Waals surface area contributed by atoms with Crippen LogP contribution in [0.25, 0.3) is 0 Å². The fraction of sp³-hybridized carbons (Fsp3) is 0.286. The van der Waals surface area contributed by atoms with Crippen LogP contribution in [0.5, 0.6) is 0 Å². The van der Waals surface area contributed by atoms with Gasteiger partial charge in [-0.3, -0.25) is 14.4 Å². The number of carbonyl (C=O) groups is 3. The minimum absolute atomic E-state index is 0.236. The van der Waals surface area contributed by atoms with Crippen molar-refractivity contribution >= 4 is 40.7 Å². The number of rotatable bonds is 5. The second-order valence-electron chi connectivity index (χ2n) is 6.91. The van der Waals surface area contributed by atoms with E-state index in [4.69, 9.17) is 11.6 Å². The van der Waals surface area contributed by atoms with Crippen LogP contribution < -0.4 is 15.5 Å². The highest BCUT2D eigenvalue weighted by atomic mass is 35.5. The second-order valence-corrected chi connectivity index (χ2v) is 7.34. The number of amides is 3. The average Bonchev–Trinajstić information content (AvgIpc) is 2.73. The summed E-state index contributed by atoms with van der Waals surface area (Å²) in [4.78, 5) is 39.7. The van der Waals surface area contributed by atoms with E-state index in [1.54, 1.807) is 4.90 Å². The highest BCUT2D eigenvalue weighted by Crippen LogP contribution is 2.21. The Labute approximate surface area is 178 Å². The number of anilines is 2. The van der Waals surface area contributed by atoms with Gasteiger partial charge in [-0.2, -0.15) is 0 Å². The third kappa shape index (κ3) is 5.48. The molecule has 1 fully saturated rings. The quantitative estimate of drug-likeness (QED) is 0.760. The van der Waals surface area contributed by atoms with Gasteiger partial charge in [0.05, 0.1) is 12.1 Å². The van der Waals surface area contributed by atoms with E-state index in [9.17, 15) is 18.8 Å². The van der Waals surface area contributed by atoms with Crippen LogP contribution in [0, 0.1) is 5.82 Å². The van der Waals surface area contributed by atoms with E-state index >= 15 is 0 Å². The van der Waals surface area contributed by atoms with E-state index in [1.165, 1.54) is 19.1 Å². The Morgan fingerprint density at radius 3 is 2.47 bits per heavy atom. The lowest BCUT2D eigenvalue weighted by atomic mass is 10.1. The molecule has 2 N–H and O–H groups in total. The third-order valence-corrected chi connectivity index (χ3v) is 4.97. The van der Waals surface area contributed by atoms with Crippen LogP contribution >= 0.6 is 11.6 Å². The molecule has 2 aromatic carbocycles. The fourth-order valence-electron chi connectivity index (χ4n) is 3.23. The molecule has 0 spiro atoms. The second kappa shape index (κ2) is 9.58. The van der Waals surface area contributed by atoms with Crippen molar-refractivity contribution in [2.75, 3.05) is 42.9 Å². The van der Waals surface area contributed by atoms with Gasteiger partial charge in [0, 0.05) is 49.5 Å². The van der Waals surface area contributed by atoms with Crippen molar-refractivity contribution < 1.29 is 18.8 Å². The largest absolute Gasteiger partial charge is 0.368 e. The highest BCUT2D eigenvalue weighted by Gasteiger charge is 2.22. The number of piperazine rings is 1. The van der Waals surface area contributed by atoms with Crippen molar-refractivity contribution in [1.82, 2.24) is 10.2 Å². The Morgan fingerprint density at radius 1 is 1.07 bits per heavy atom. The number of benzene rings is 2. The van der Waals surface area contributed by atoms with Crippen LogP contribution in [0.4, 0.5) is 15.8 Å². The number of hydrogen-bond acceptors (Lipinski definition) is 4. The van der Waals surface area contributed by atoms with Gasteiger partial charge in [-0.15, -0.1) is 0 Å². The van der Waals surface area contributed by atoms with E-state index in [2.05, 4.69) is 15.5 Å². The molecule has 158 valence electrons. The molecule has 0 aliphatic carbocycles. The number of halogens is 2. The Balaban J connectivity index is 1.52. The number of carbonyl (C=O) groups excluding carboxylic acids is 3. The molecule has 2 aromatic rings. The van der Waals surface area contributed by atoms with Crippen molar-refractivity contribution in [3.8, 4) is 0 Å². The maximum absolute atomic E-state index is 14.0. The van der Waals surface area contributed by atoms with Crippen LogP contribution in [-0.4, -0.2) is 55.3 Å². The van der Waals surface area contributed by atoms with Crippen molar-refractivity contribution in [3.63, 3.8) is 0 Å². The highest BCUT2D eigenvalue weighted by molar-refractivity contribution is 6.30. The minimum atomic E-state index is -0.732. The predicted molar refractivity (Wildman–Crippen MR) is 113 cm³/mol. The van der Waals surface area contributed by atoms with Crippen LogP contribution in [-0.2, 0) is 9.59 Å². The van der Waals surface area contributed by atoms with Gasteiger partial charge in [-0.1, -0.05) is 17.7 Å². The van der Waals surface area contributed by atoms with Gasteiger partial charge in [0.2, 0.25) is 11.8 Å². The van der Waals surface area contributed by atoms with Crippen LogP contribution in [0.3, 0.4) is 0 Å². The molecule has 3 amide bonds. The number of hydrogen-bond donors (Lipinski definition) is 2. The third-order valence-electron chi connectivity index (χ3n) is 4.74. The summed E-state index contributed by atoms with van der Waals surface area (Å²) in [6.07, 6.45) is 0. The molecular formula is C21H22ClFN4O3. The summed E-state index contributed by atoms with van der Waals surface area (Å²) < 4.78 is 14.0. The number of nitrogens with one attached hydrogen (secondary N) is 2. The molecule has 0 atom stereocenters. The molecule has 0 aromatic heterocycles. The summed E-state index contributed by atoms with van der Waals surface area (Å²) in [7, 11) is 0. The summed E-state index contributed by atoms with van der Waals surface area (Å²) >= 11 is 6.03. The molecule has 1 heterocycles. The summed E-state index contributed by atoms with van der Waals surface area (Å²) in [6, 6.07) is 11.2. The predicted octanol–water partition coefficient (Wildman–Crippen LogP) is 2.52. The first kappa shape index (κ1) is 21.6. The van der Waals surface area contributed by atoms with Crippen molar-refractivity contribution in [2.24, 2.45) is 0 Å². The van der Waals surface area contributed by atoms with E-state index in [-0.39, 0.29) is 23.9 Å². The van der Waals surface area contributed by atoms with E-state index < -0.39 is 11.7 Å². The van der Waals surface area contributed by atoms with E-state index in [0.29, 0.717) is 36.9 Å². The first-order valence-corrected chi connectivity index (χ1v) is 9.85. The van der Waals surface area contributed by atoms with Gasteiger partial charge < -0.3 is 20.4 Å². The van der Waals surface area contributed by atoms with Crippen molar-refractivity contribution in [1.29, 1.82) is 0 Å². The van der Waals surface area contributed by atoms with Crippen molar-refractivity contribution in [3.05, 3.63) is 58.9 Å². The zero-order valence-corrected chi connectivity index (χ0v) is 17.2. The normalized spacial score (nSPS) is 13.7. The van der Waals surface area contributed by atoms with Crippen LogP contribution in [0.15, 0.2) is 42.5 Å². The monoisotopic (exact) mass is 432 g/mol. The zero-order valence-electron chi connectivity index (χ0n) is 16.5. The first-order valence-electron chi connectivity index (χ1n) is 9.47. The molecule has 0 bridgehead atoms. The molecule has 0 unspecified atom stereocenters. The lowest BCUT2D eigenvalue weighted by molar-refractivity contribution is -0.130. The van der Waals surface area contributed by atoms with Gasteiger partial charge in [-0.25, -0.2) is 4.39 Å². The maximum atomic E-state index is 14.0. The van der Waals surface area contributed by atoms with Gasteiger partial charge in [0.1, 0.15) is 5.82 Å². The molecule has 30 heavy (non-hydrogen) atoms. The Kier molecular flexibility index (Phi) is 6.89. The molecule has 9 heteroatoms. The fourth-order valence-corrected chi connectivity index (χ4v) is 3.41. The molecule has 7 nitrogen and oxygen atoms in total. The summed E-state index contributed by atoms with van der Waals surface area (Å²) in [5.41, 5.74) is 1.06. The van der Waals surface area contributed by atoms with Crippen molar-refractivity contribution in [2.45, 2.75) is 6.92 Å². The lowest BCUT2D eigenvalue weighted by Crippen LogP contribution is -2.51. The Morgan fingerprint density at radius 2 is 1.80 bits per heavy atom. The topological polar surface area (TPSA) is 81.8 Å². The van der Waals surface area contributed by atoms with E-state index in [1.807, 2.05) is 24.3 Å². The standard InChI is InChI=1S/C21H22ClFN4O3/c1-14(28)25-16-5-6-19(23)18(12-16)21(30)24-13-20(29)27-9-7-26(8-10-27)17-4-2-3-15(22)11-17/h2-6,11-12H,7-10,13H2,1H3,(H,24,30)(H,25,28). The van der Waals surface area contributed by atoms with E-state index in [0.717, 1.165) is 11.8 Å². The lowest BCUT2D eigenvalue weighted by Gasteiger charge is -2.36. The molecule has 1 aliphatic heterocycles. The molecular weight excluding hydrogens is 411 g/mol.